The van der Waals surface area contributed by atoms with Gasteiger partial charge in [-0.3, -0.25) is 4.79 Å². The Labute approximate surface area is 81.8 Å². The first kappa shape index (κ1) is 6.99. The summed E-state index contributed by atoms with van der Waals surface area (Å²) in [6.45, 7) is 0. The van der Waals surface area contributed by atoms with E-state index in [1.54, 1.807) is 0 Å². The minimum atomic E-state index is -2.90. The number of carbonyl (C=O) groups is 1. The minimum absolute atomic E-state index is 0.0521. The Morgan fingerprint density at radius 2 is 1.79 bits per heavy atom. The Balaban J connectivity index is 1.95. The van der Waals surface area contributed by atoms with E-state index in [2.05, 4.69) is 0 Å². The molecule has 0 aromatic rings. The fraction of sp³-hybridized carbons (Fsp3) is 0.900. The number of ketones is 1. The van der Waals surface area contributed by atoms with Crippen LogP contribution >= 0.6 is 0 Å². The molecule has 0 N–H and O–H groups in total. The zero-order chi connectivity index (χ0) is 9.40. The summed E-state index contributed by atoms with van der Waals surface area (Å²) in [7, 11) is -2.90. The second kappa shape index (κ2) is 1.51. The fourth-order valence-electron chi connectivity index (χ4n) is 5.73. The third-order valence-corrected chi connectivity index (χ3v) is 8.55. The van der Waals surface area contributed by atoms with Crippen molar-refractivity contribution in [3.05, 3.63) is 0 Å². The quantitative estimate of drug-likeness (QED) is 0.559. The number of hydrogen-bond donors (Lipinski definition) is 0. The van der Waals surface area contributed by atoms with E-state index in [1.807, 2.05) is 0 Å². The first-order chi connectivity index (χ1) is 6.64. The van der Waals surface area contributed by atoms with Gasteiger partial charge in [0.2, 0.25) is 0 Å². The Morgan fingerprint density at radius 1 is 1.00 bits per heavy atom. The van der Waals surface area contributed by atoms with Gasteiger partial charge in [-0.1, -0.05) is 0 Å². The molecule has 0 amide bonds. The van der Waals surface area contributed by atoms with Crippen molar-refractivity contribution in [2.45, 2.75) is 16.9 Å². The maximum atomic E-state index is 12.1. The molecule has 0 aromatic heterocycles. The van der Waals surface area contributed by atoms with Crippen LogP contribution in [0.3, 0.4) is 0 Å². The molecule has 1 aliphatic heterocycles. The van der Waals surface area contributed by atoms with Crippen LogP contribution in [0, 0.1) is 35.5 Å². The molecule has 5 aliphatic rings. The Kier molecular flexibility index (Phi) is 0.752. The Morgan fingerprint density at radius 3 is 2.57 bits per heavy atom. The standard InChI is InChI=1S/C10H10O3S/c11-8-6-2-1-3-5-4(2)7(8)10(5)14(12,13)9(3)6/h2-7,9-10H,1H2/t2-,3-,4+,5+,6-,7-,9+,10-/m0/s1. The van der Waals surface area contributed by atoms with Gasteiger partial charge in [-0.15, -0.1) is 0 Å². The zero-order valence-corrected chi connectivity index (χ0v) is 8.28. The van der Waals surface area contributed by atoms with Crippen LogP contribution in [-0.4, -0.2) is 24.7 Å². The monoisotopic (exact) mass is 210 g/mol. The van der Waals surface area contributed by atoms with Crippen LogP contribution in [0.2, 0.25) is 0 Å². The predicted octanol–water partition coefficient (Wildman–Crippen LogP) is -0.137. The number of rotatable bonds is 0. The van der Waals surface area contributed by atoms with Gasteiger partial charge < -0.3 is 0 Å². The van der Waals surface area contributed by atoms with Gasteiger partial charge in [-0.25, -0.2) is 8.42 Å². The number of fused-ring (bicyclic) bond motifs is 2. The van der Waals surface area contributed by atoms with Gasteiger partial charge >= 0.3 is 0 Å². The second-order valence-corrected chi connectivity index (χ2v) is 7.96. The van der Waals surface area contributed by atoms with Gasteiger partial charge in [0.15, 0.2) is 9.84 Å². The van der Waals surface area contributed by atoms with Crippen LogP contribution in [0.15, 0.2) is 0 Å². The number of sulfone groups is 1. The molecule has 4 saturated carbocycles. The SMILES string of the molecule is O=C1[C@@H]2[C@H]3C[C@H]4[C@@H]5[C@@H]3[C@@H]1[C@H]5S(=O)(=O)[C@H]42. The van der Waals surface area contributed by atoms with Gasteiger partial charge in [0, 0.05) is 11.8 Å². The molecule has 0 radical (unpaired) electrons. The van der Waals surface area contributed by atoms with Gasteiger partial charge in [-0.05, 0) is 30.1 Å². The molecule has 74 valence electrons. The van der Waals surface area contributed by atoms with Crippen LogP contribution in [0.25, 0.3) is 0 Å². The first-order valence-electron chi connectivity index (χ1n) is 5.40. The zero-order valence-electron chi connectivity index (χ0n) is 7.46. The van der Waals surface area contributed by atoms with Crippen molar-refractivity contribution >= 4 is 15.6 Å². The highest BCUT2D eigenvalue weighted by atomic mass is 32.2. The van der Waals surface area contributed by atoms with Gasteiger partial charge in [0.1, 0.15) is 5.78 Å². The third kappa shape index (κ3) is 0.369. The molecular weight excluding hydrogens is 200 g/mol. The molecule has 4 aliphatic carbocycles. The van der Waals surface area contributed by atoms with E-state index >= 15 is 0 Å². The topological polar surface area (TPSA) is 51.2 Å². The van der Waals surface area contributed by atoms with E-state index in [0.717, 1.165) is 6.42 Å². The van der Waals surface area contributed by atoms with Crippen molar-refractivity contribution in [3.8, 4) is 0 Å². The first-order valence-corrected chi connectivity index (χ1v) is 7.01. The lowest BCUT2D eigenvalue weighted by atomic mass is 9.64. The van der Waals surface area contributed by atoms with Crippen molar-refractivity contribution in [2.75, 3.05) is 0 Å². The molecule has 2 bridgehead atoms. The maximum Gasteiger partial charge on any atom is 0.158 e. The molecule has 1 saturated heterocycles. The second-order valence-electron chi connectivity index (χ2n) is 5.69. The maximum absolute atomic E-state index is 12.1. The lowest BCUT2D eigenvalue weighted by Crippen LogP contribution is -2.52. The number of carbonyl (C=O) groups excluding carboxylic acids is 1. The van der Waals surface area contributed by atoms with Crippen molar-refractivity contribution in [2.24, 2.45) is 35.5 Å². The Hall–Kier alpha value is -0.380. The summed E-state index contributed by atoms with van der Waals surface area (Å²) in [6.07, 6.45) is 1.04. The number of hydrogen-bond acceptors (Lipinski definition) is 3. The summed E-state index contributed by atoms with van der Waals surface area (Å²) in [4.78, 5) is 11.9. The lowest BCUT2D eigenvalue weighted by molar-refractivity contribution is -0.126. The average Bonchev–Trinajstić information content (AvgIpc) is 2.52. The summed E-state index contributed by atoms with van der Waals surface area (Å²) in [6, 6.07) is 0. The van der Waals surface area contributed by atoms with Crippen LogP contribution in [0.5, 0.6) is 0 Å². The summed E-state index contributed by atoms with van der Waals surface area (Å²) in [5, 5.41) is -0.455. The highest BCUT2D eigenvalue weighted by Crippen LogP contribution is 2.78. The molecule has 8 atom stereocenters. The number of Topliss-reactive ketones (excluding diaryl/α,β-unsaturated/α-hetero) is 1. The largest absolute Gasteiger partial charge is 0.299 e. The normalized spacial score (nSPS) is 73.3. The van der Waals surface area contributed by atoms with E-state index < -0.39 is 9.84 Å². The fourth-order valence-corrected chi connectivity index (χ4v) is 9.16. The van der Waals surface area contributed by atoms with Crippen molar-refractivity contribution in [1.82, 2.24) is 0 Å². The van der Waals surface area contributed by atoms with Crippen molar-refractivity contribution < 1.29 is 13.2 Å². The van der Waals surface area contributed by atoms with Crippen LogP contribution in [0.4, 0.5) is 0 Å². The molecule has 0 spiro atoms. The third-order valence-electron chi connectivity index (χ3n) is 5.78. The predicted molar refractivity (Wildman–Crippen MR) is 47.1 cm³/mol. The van der Waals surface area contributed by atoms with E-state index in [9.17, 15) is 13.2 Å². The van der Waals surface area contributed by atoms with E-state index in [1.165, 1.54) is 0 Å². The van der Waals surface area contributed by atoms with Gasteiger partial charge in [0.25, 0.3) is 0 Å². The smallest absolute Gasteiger partial charge is 0.158 e. The minimum Gasteiger partial charge on any atom is -0.299 e. The van der Waals surface area contributed by atoms with Crippen LogP contribution in [0.1, 0.15) is 6.42 Å². The van der Waals surface area contributed by atoms with Crippen LogP contribution in [-0.2, 0) is 14.6 Å². The van der Waals surface area contributed by atoms with E-state index in [0.29, 0.717) is 29.5 Å². The average molecular weight is 210 g/mol. The Bertz CT molecular complexity index is 493. The summed E-state index contributed by atoms with van der Waals surface area (Å²) < 4.78 is 24.2. The molecule has 14 heavy (non-hydrogen) atoms. The molecule has 0 aromatic carbocycles. The lowest BCUT2D eigenvalue weighted by Gasteiger charge is -2.42. The summed E-state index contributed by atoms with van der Waals surface area (Å²) in [5.74, 6) is 1.97. The molecule has 3 nitrogen and oxygen atoms in total. The molecular formula is C10H10O3S. The summed E-state index contributed by atoms with van der Waals surface area (Å²) >= 11 is 0. The molecule has 4 heteroatoms. The van der Waals surface area contributed by atoms with E-state index in [4.69, 9.17) is 0 Å². The van der Waals surface area contributed by atoms with Crippen LogP contribution < -0.4 is 0 Å². The van der Waals surface area contributed by atoms with Crippen molar-refractivity contribution in [3.63, 3.8) is 0 Å². The highest BCUT2D eigenvalue weighted by Gasteiger charge is 2.86. The molecule has 5 fully saturated rings. The highest BCUT2D eigenvalue weighted by molar-refractivity contribution is 7.93. The molecule has 1 heterocycles. The van der Waals surface area contributed by atoms with Gasteiger partial charge in [0.05, 0.1) is 10.5 Å². The van der Waals surface area contributed by atoms with Gasteiger partial charge in [-0.2, -0.15) is 0 Å². The summed E-state index contributed by atoms with van der Waals surface area (Å²) in [5.41, 5.74) is 0. The molecule has 0 unspecified atom stereocenters. The van der Waals surface area contributed by atoms with E-state index in [-0.39, 0.29) is 22.3 Å². The van der Waals surface area contributed by atoms with Crippen molar-refractivity contribution in [1.29, 1.82) is 0 Å². The molecule has 5 rings (SSSR count).